The number of hydroxylamine groups is 1. The number of hydrogen-bond acceptors (Lipinski definition) is 6. The third-order valence-corrected chi connectivity index (χ3v) is 5.04. The summed E-state index contributed by atoms with van der Waals surface area (Å²) in [7, 11) is 0. The van der Waals surface area contributed by atoms with Crippen LogP contribution in [0, 0.1) is 11.3 Å². The maximum absolute atomic E-state index is 13.5. The predicted octanol–water partition coefficient (Wildman–Crippen LogP) is -0.153. The maximum Gasteiger partial charge on any atom is 1.00 e. The molecule has 0 radical (unpaired) electrons. The summed E-state index contributed by atoms with van der Waals surface area (Å²) in [6, 6.07) is -1.43. The summed E-state index contributed by atoms with van der Waals surface area (Å²) in [6.45, 7) is 9.51. The predicted molar refractivity (Wildman–Crippen MR) is 106 cm³/mol. The Kier molecular flexibility index (Phi) is 12.9. The van der Waals surface area contributed by atoms with Gasteiger partial charge in [-0.15, -0.1) is 6.58 Å². The molecule has 1 saturated carbocycles. The zero-order valence-electron chi connectivity index (χ0n) is 18.3. The molecule has 2 fully saturated rings. The van der Waals surface area contributed by atoms with Gasteiger partial charge in [-0.3, -0.25) is 9.59 Å². The van der Waals surface area contributed by atoms with Crippen LogP contribution in [0.2, 0.25) is 0 Å². The molecule has 1 saturated heterocycles. The van der Waals surface area contributed by atoms with E-state index in [1.54, 1.807) is 4.90 Å². The molecule has 5 N–H and O–H groups in total. The van der Waals surface area contributed by atoms with Crippen LogP contribution in [-0.4, -0.2) is 53.4 Å². The summed E-state index contributed by atoms with van der Waals surface area (Å²) < 4.78 is 13.5. The zero-order valence-corrected chi connectivity index (χ0v) is 21.4. The Morgan fingerprint density at radius 3 is 2.52 bits per heavy atom. The molecule has 29 heavy (non-hydrogen) atoms. The van der Waals surface area contributed by atoms with Crippen LogP contribution < -0.4 is 63.3 Å². The van der Waals surface area contributed by atoms with Crippen molar-refractivity contribution in [2.75, 3.05) is 13.1 Å². The summed E-state index contributed by atoms with van der Waals surface area (Å²) >= 11 is 0. The monoisotopic (exact) mass is 439 g/mol. The minimum absolute atomic E-state index is 0. The summed E-state index contributed by atoms with van der Waals surface area (Å²) in [6.07, 6.45) is 4.93. The molecule has 10 heteroatoms. The molecule has 2 aliphatic rings. The molecule has 0 aromatic heterocycles. The molecule has 0 aromatic carbocycles. The average Bonchev–Trinajstić information content (AvgIpc) is 3.27. The van der Waals surface area contributed by atoms with E-state index in [1.165, 1.54) is 6.08 Å². The first-order valence-electron chi connectivity index (χ1n) is 9.65. The van der Waals surface area contributed by atoms with Crippen LogP contribution in [0.15, 0.2) is 12.7 Å². The Morgan fingerprint density at radius 2 is 2.00 bits per heavy atom. The number of rotatable bonds is 9. The van der Waals surface area contributed by atoms with Crippen molar-refractivity contribution in [1.29, 1.82) is 0 Å². The molecule has 8 nitrogen and oxygen atoms in total. The minimum atomic E-state index is -0.787. The Morgan fingerprint density at radius 1 is 1.38 bits per heavy atom. The number of carbonyl (C=O) groups excluding carboxylic acids is 2. The van der Waals surface area contributed by atoms with Crippen molar-refractivity contribution in [3.8, 4) is 0 Å². The van der Waals surface area contributed by atoms with Gasteiger partial charge in [0.1, 0.15) is 0 Å². The van der Waals surface area contributed by atoms with E-state index in [0.29, 0.717) is 25.3 Å². The molecule has 0 bridgehead atoms. The molecule has 1 heterocycles. The van der Waals surface area contributed by atoms with Crippen LogP contribution in [0.3, 0.4) is 0 Å². The van der Waals surface area contributed by atoms with Crippen LogP contribution in [0.1, 0.15) is 52.9 Å². The summed E-state index contributed by atoms with van der Waals surface area (Å²) in [5.74, 6) is -0.488. The molecule has 162 valence electrons. The molecule has 3 atom stereocenters. The first-order chi connectivity index (χ1) is 12.6. The first kappa shape index (κ1) is 29.1. The normalized spacial score (nSPS) is 21.0. The third kappa shape index (κ3) is 9.00. The van der Waals surface area contributed by atoms with Gasteiger partial charge in [0, 0.05) is 11.8 Å². The van der Waals surface area contributed by atoms with Gasteiger partial charge >= 0.3 is 57.4 Å². The molecule has 3 unspecified atom stereocenters. The van der Waals surface area contributed by atoms with Crippen molar-refractivity contribution in [1.82, 2.24) is 16.3 Å². The second-order valence-corrected chi connectivity index (χ2v) is 8.54. The van der Waals surface area contributed by atoms with Gasteiger partial charge in [0.2, 0.25) is 5.91 Å². The van der Waals surface area contributed by atoms with Crippen LogP contribution in [0.5, 0.6) is 0 Å². The van der Waals surface area contributed by atoms with Gasteiger partial charge in [0.15, 0.2) is 0 Å². The van der Waals surface area contributed by atoms with E-state index in [1.807, 2.05) is 20.8 Å². The van der Waals surface area contributed by atoms with Crippen molar-refractivity contribution in [3.05, 3.63) is 18.0 Å². The Hall–Kier alpha value is 0.0864. The van der Waals surface area contributed by atoms with Crippen molar-refractivity contribution >= 4 is 11.9 Å². The van der Waals surface area contributed by atoms with Gasteiger partial charge < -0.3 is 26.9 Å². The van der Waals surface area contributed by atoms with Crippen molar-refractivity contribution in [2.45, 2.75) is 71.1 Å². The Labute approximate surface area is 216 Å². The van der Waals surface area contributed by atoms with E-state index in [2.05, 4.69) is 11.9 Å². The molecule has 1 amide bonds. The third-order valence-electron chi connectivity index (χ3n) is 5.04. The second-order valence-electron chi connectivity index (χ2n) is 8.54. The summed E-state index contributed by atoms with van der Waals surface area (Å²) in [5, 5.41) is 4.55. The topological polar surface area (TPSA) is 125 Å². The van der Waals surface area contributed by atoms with Crippen molar-refractivity contribution in [3.63, 3.8) is 0 Å². The number of hydrogen-bond donors (Lipinski definition) is 2. The fourth-order valence-electron chi connectivity index (χ4n) is 3.10. The number of amides is 1. The molecular weight excluding hydrogens is 404 g/mol. The fourth-order valence-corrected chi connectivity index (χ4v) is 3.10. The number of likely N-dealkylation sites (tertiary alicyclic amines) is 1. The molecule has 0 spiro atoms. The van der Waals surface area contributed by atoms with E-state index in [9.17, 15) is 14.1 Å². The SMILES string of the molecule is C=CCN(F)OC(=O)C(CC1CC1)[N-]C1CCCN1C(=O)C(N)C(C)(C)C.N.[K+]. The van der Waals surface area contributed by atoms with Gasteiger partial charge in [-0.05, 0) is 23.8 Å². The van der Waals surface area contributed by atoms with Crippen molar-refractivity contribution < 1.29 is 70.3 Å². The van der Waals surface area contributed by atoms with Gasteiger partial charge in [0.05, 0.1) is 12.6 Å². The van der Waals surface area contributed by atoms with E-state index >= 15 is 0 Å². The number of halogens is 1. The smallest absolute Gasteiger partial charge is 0.630 e. The molecule has 2 rings (SSSR count). The van der Waals surface area contributed by atoms with Gasteiger partial charge in [0.25, 0.3) is 0 Å². The zero-order chi connectivity index (χ0) is 20.2. The van der Waals surface area contributed by atoms with E-state index < -0.39 is 24.2 Å². The maximum atomic E-state index is 13.5. The summed E-state index contributed by atoms with van der Waals surface area (Å²) in [5.41, 5.74) is 5.76. The number of nitrogens with zero attached hydrogens (tertiary/aromatic N) is 3. The quantitative estimate of drug-likeness (QED) is 0.223. The van der Waals surface area contributed by atoms with Crippen LogP contribution in [0.25, 0.3) is 5.32 Å². The fraction of sp³-hybridized carbons (Fsp3) is 0.789. The average molecular weight is 440 g/mol. The Balaban J connectivity index is 0.00000392. The van der Waals surface area contributed by atoms with Crippen LogP contribution in [0.4, 0.5) is 4.48 Å². The van der Waals surface area contributed by atoms with E-state index in [0.717, 1.165) is 19.3 Å². The van der Waals surface area contributed by atoms with Crippen LogP contribution in [-0.2, 0) is 14.4 Å². The van der Waals surface area contributed by atoms with E-state index in [4.69, 9.17) is 10.6 Å². The van der Waals surface area contributed by atoms with Gasteiger partial charge in [-0.1, -0.05) is 63.2 Å². The van der Waals surface area contributed by atoms with Gasteiger partial charge in [-0.25, -0.2) is 0 Å². The second kappa shape index (κ2) is 12.8. The number of carbonyl (C=O) groups is 2. The minimum Gasteiger partial charge on any atom is -0.630 e. The first-order valence-corrected chi connectivity index (χ1v) is 9.65. The van der Waals surface area contributed by atoms with Gasteiger partial charge in [-0.2, -0.15) is 0 Å². The molecule has 1 aliphatic heterocycles. The Bertz CT molecular complexity index is 556. The van der Waals surface area contributed by atoms with Crippen LogP contribution >= 0.6 is 0 Å². The standard InChI is InChI=1S/C19H32FN4O3.K.H3N/c1-5-10-24(20)27-18(26)14(12-13-8-9-13)22-15-7-6-11-23(15)17(25)16(21)19(2,3)4;;/h5,13-16H,1,6-12,21H2,2-4H3;;1H3/q-1;+1;. The molecule has 1 aliphatic carbocycles. The van der Waals surface area contributed by atoms with Crippen molar-refractivity contribution in [2.24, 2.45) is 17.1 Å². The van der Waals surface area contributed by atoms with E-state index in [-0.39, 0.29) is 80.7 Å². The molecule has 0 aromatic rings. The summed E-state index contributed by atoms with van der Waals surface area (Å²) in [4.78, 5) is 31.6. The number of nitrogens with two attached hydrogens (primary N) is 1. The largest absolute Gasteiger partial charge is 1.00 e. The molecular formula is C19H35FKN5O3.